The lowest BCUT2D eigenvalue weighted by atomic mass is 9.99. The van der Waals surface area contributed by atoms with E-state index in [1.54, 1.807) is 6.20 Å². The number of anilines is 1. The Bertz CT molecular complexity index is 1250. The molecule has 6 heteroatoms. The Kier molecular flexibility index (Phi) is 5.68. The van der Waals surface area contributed by atoms with Crippen LogP contribution in [0.25, 0.3) is 5.69 Å². The standard InChI is InChI=1S/C27H27N5S/c1-18(2)20-10-12-21(13-11-20)32-26(25(30-27(32)33)23-8-4-5-16-29-23)24-14-9-19(3)31(24)22-7-6-15-28-17-22/h4-18,25-26H,1-3H3,(H,30,33)/t25-,26+/m1/s1. The number of nitrogens with zero attached hydrogens (tertiary/aromatic N) is 4. The summed E-state index contributed by atoms with van der Waals surface area (Å²) in [5, 5.41) is 4.26. The molecule has 0 bridgehead atoms. The normalized spacial score (nSPS) is 18.1. The average molecular weight is 454 g/mol. The van der Waals surface area contributed by atoms with Gasteiger partial charge in [-0.15, -0.1) is 0 Å². The number of hydrogen-bond acceptors (Lipinski definition) is 3. The zero-order valence-electron chi connectivity index (χ0n) is 19.0. The van der Waals surface area contributed by atoms with Crippen molar-refractivity contribution in [1.29, 1.82) is 0 Å². The molecular weight excluding hydrogens is 426 g/mol. The summed E-state index contributed by atoms with van der Waals surface area (Å²) in [7, 11) is 0. The van der Waals surface area contributed by atoms with Crippen LogP contribution in [0.3, 0.4) is 0 Å². The predicted octanol–water partition coefficient (Wildman–Crippen LogP) is 5.88. The van der Waals surface area contributed by atoms with Gasteiger partial charge < -0.3 is 14.8 Å². The fourth-order valence-corrected chi connectivity index (χ4v) is 4.93. The molecule has 2 atom stereocenters. The van der Waals surface area contributed by atoms with Gasteiger partial charge in [-0.3, -0.25) is 9.97 Å². The molecule has 1 aromatic carbocycles. The van der Waals surface area contributed by atoms with Gasteiger partial charge in [-0.25, -0.2) is 0 Å². The van der Waals surface area contributed by atoms with Crippen molar-refractivity contribution >= 4 is 23.0 Å². The lowest BCUT2D eigenvalue weighted by molar-refractivity contribution is 0.548. The highest BCUT2D eigenvalue weighted by Crippen LogP contribution is 2.42. The maximum absolute atomic E-state index is 5.89. The van der Waals surface area contributed by atoms with Gasteiger partial charge in [0.1, 0.15) is 6.04 Å². The first-order chi connectivity index (χ1) is 16.0. The first-order valence-corrected chi connectivity index (χ1v) is 11.6. The van der Waals surface area contributed by atoms with Crippen LogP contribution >= 0.6 is 12.2 Å². The van der Waals surface area contributed by atoms with E-state index in [-0.39, 0.29) is 12.1 Å². The fourth-order valence-electron chi connectivity index (χ4n) is 4.58. The molecule has 0 spiro atoms. The van der Waals surface area contributed by atoms with E-state index in [1.807, 2.05) is 30.6 Å². The highest BCUT2D eigenvalue weighted by atomic mass is 32.1. The average Bonchev–Trinajstić information content (AvgIpc) is 3.39. The van der Waals surface area contributed by atoms with Crippen LogP contribution in [0.2, 0.25) is 0 Å². The van der Waals surface area contributed by atoms with Gasteiger partial charge in [0.05, 0.1) is 23.6 Å². The summed E-state index contributed by atoms with van der Waals surface area (Å²) in [4.78, 5) is 11.3. The Hall–Kier alpha value is -3.51. The van der Waals surface area contributed by atoms with Gasteiger partial charge >= 0.3 is 0 Å². The third-order valence-electron chi connectivity index (χ3n) is 6.25. The van der Waals surface area contributed by atoms with Crippen LogP contribution in [0.15, 0.2) is 85.3 Å². The summed E-state index contributed by atoms with van der Waals surface area (Å²) in [6.45, 7) is 6.54. The van der Waals surface area contributed by atoms with Crippen LogP contribution in [0.5, 0.6) is 0 Å². The van der Waals surface area contributed by atoms with Crippen LogP contribution < -0.4 is 10.2 Å². The molecule has 0 radical (unpaired) electrons. The maximum atomic E-state index is 5.89. The van der Waals surface area contributed by atoms with Crippen molar-refractivity contribution < 1.29 is 0 Å². The second kappa shape index (κ2) is 8.79. The summed E-state index contributed by atoms with van der Waals surface area (Å²) in [5.74, 6) is 0.477. The van der Waals surface area contributed by atoms with E-state index < -0.39 is 0 Å². The second-order valence-electron chi connectivity index (χ2n) is 8.69. The minimum absolute atomic E-state index is 0.0776. The van der Waals surface area contributed by atoms with Crippen molar-refractivity contribution in [3.8, 4) is 5.69 Å². The van der Waals surface area contributed by atoms with Crippen LogP contribution in [-0.2, 0) is 0 Å². The van der Waals surface area contributed by atoms with Crippen molar-refractivity contribution in [1.82, 2.24) is 19.9 Å². The zero-order chi connectivity index (χ0) is 22.9. The van der Waals surface area contributed by atoms with Crippen LogP contribution in [0.4, 0.5) is 5.69 Å². The largest absolute Gasteiger partial charge is 0.351 e. The van der Waals surface area contributed by atoms with E-state index in [4.69, 9.17) is 12.2 Å². The fraction of sp³-hybridized carbons (Fsp3) is 0.222. The lowest BCUT2D eigenvalue weighted by Gasteiger charge is -2.29. The molecule has 0 aliphatic carbocycles. The summed E-state index contributed by atoms with van der Waals surface area (Å²) in [6.07, 6.45) is 5.53. The molecule has 1 aliphatic rings. The van der Waals surface area contributed by atoms with Crippen molar-refractivity contribution in [3.63, 3.8) is 0 Å². The Morgan fingerprint density at radius 1 is 0.909 bits per heavy atom. The molecule has 5 rings (SSSR count). The van der Waals surface area contributed by atoms with Crippen LogP contribution in [0, 0.1) is 6.92 Å². The molecule has 4 heterocycles. The summed E-state index contributed by atoms with van der Waals surface area (Å²) < 4.78 is 2.26. The molecule has 166 valence electrons. The monoisotopic (exact) mass is 453 g/mol. The second-order valence-corrected chi connectivity index (χ2v) is 9.08. The molecule has 1 aliphatic heterocycles. The van der Waals surface area contributed by atoms with Gasteiger partial charge in [-0.05, 0) is 79.2 Å². The minimum atomic E-state index is -0.0896. The Labute approximate surface area is 200 Å². The summed E-state index contributed by atoms with van der Waals surface area (Å²) in [5.41, 5.74) is 6.65. The van der Waals surface area contributed by atoms with Crippen LogP contribution in [0.1, 0.15) is 54.5 Å². The van der Waals surface area contributed by atoms with Crippen molar-refractivity contribution in [3.05, 3.63) is 108 Å². The number of hydrogen-bond donors (Lipinski definition) is 1. The SMILES string of the molecule is Cc1ccc([C@H]2[C@@H](c3ccccn3)NC(=S)N2c2ccc(C(C)C)cc2)n1-c1cccnc1. The summed E-state index contributed by atoms with van der Waals surface area (Å²) in [6, 6.07) is 23.0. The number of aromatic nitrogens is 3. The van der Waals surface area contributed by atoms with E-state index in [2.05, 4.69) is 94.1 Å². The Morgan fingerprint density at radius 2 is 1.73 bits per heavy atom. The Morgan fingerprint density at radius 3 is 2.39 bits per heavy atom. The molecule has 33 heavy (non-hydrogen) atoms. The third kappa shape index (κ3) is 3.91. The molecule has 3 aromatic heterocycles. The molecule has 1 fully saturated rings. The smallest absolute Gasteiger partial charge is 0.174 e. The molecule has 0 unspecified atom stereocenters. The number of nitrogens with one attached hydrogen (secondary N) is 1. The molecule has 0 saturated carbocycles. The van der Waals surface area contributed by atoms with Crippen molar-refractivity contribution in [2.45, 2.75) is 38.8 Å². The zero-order valence-corrected chi connectivity index (χ0v) is 19.8. The van der Waals surface area contributed by atoms with Gasteiger partial charge in [0, 0.05) is 29.5 Å². The number of rotatable bonds is 5. The summed E-state index contributed by atoms with van der Waals surface area (Å²) >= 11 is 5.89. The quantitative estimate of drug-likeness (QED) is 0.383. The number of thiocarbonyl (C=S) groups is 1. The van der Waals surface area contributed by atoms with Crippen LogP contribution in [-0.4, -0.2) is 19.6 Å². The van der Waals surface area contributed by atoms with E-state index in [0.717, 1.165) is 28.5 Å². The van der Waals surface area contributed by atoms with Gasteiger partial charge in [-0.2, -0.15) is 0 Å². The maximum Gasteiger partial charge on any atom is 0.174 e. The van der Waals surface area contributed by atoms with Gasteiger partial charge in [0.15, 0.2) is 5.11 Å². The molecule has 1 saturated heterocycles. The highest BCUT2D eigenvalue weighted by molar-refractivity contribution is 7.80. The first kappa shape index (κ1) is 21.3. The van der Waals surface area contributed by atoms with E-state index in [9.17, 15) is 0 Å². The number of pyridine rings is 2. The van der Waals surface area contributed by atoms with E-state index >= 15 is 0 Å². The van der Waals surface area contributed by atoms with Crippen molar-refractivity contribution in [2.75, 3.05) is 4.90 Å². The van der Waals surface area contributed by atoms with E-state index in [1.165, 1.54) is 5.56 Å². The highest BCUT2D eigenvalue weighted by Gasteiger charge is 2.42. The Balaban J connectivity index is 1.67. The molecular formula is C27H27N5S. The minimum Gasteiger partial charge on any atom is -0.351 e. The number of aryl methyl sites for hydroxylation is 1. The van der Waals surface area contributed by atoms with Gasteiger partial charge in [0.2, 0.25) is 0 Å². The van der Waals surface area contributed by atoms with Crippen molar-refractivity contribution in [2.24, 2.45) is 0 Å². The van der Waals surface area contributed by atoms with E-state index in [0.29, 0.717) is 11.0 Å². The van der Waals surface area contributed by atoms with Gasteiger partial charge in [-0.1, -0.05) is 32.0 Å². The molecule has 4 aromatic rings. The topological polar surface area (TPSA) is 46.0 Å². The predicted molar refractivity (Wildman–Crippen MR) is 137 cm³/mol. The molecule has 5 nitrogen and oxygen atoms in total. The van der Waals surface area contributed by atoms with Gasteiger partial charge in [0.25, 0.3) is 0 Å². The number of benzene rings is 1. The first-order valence-electron chi connectivity index (χ1n) is 11.2. The lowest BCUT2D eigenvalue weighted by Crippen LogP contribution is -2.30. The third-order valence-corrected chi connectivity index (χ3v) is 6.56. The molecule has 0 amide bonds. The molecule has 1 N–H and O–H groups in total.